The molecule has 0 radical (unpaired) electrons. The molecule has 1 fully saturated rings. The maximum absolute atomic E-state index is 12.1. The zero-order chi connectivity index (χ0) is 16.1. The predicted octanol–water partition coefficient (Wildman–Crippen LogP) is 3.84. The SMILES string of the molecule is O=C(NCc1cccc(C(O)C2CCCC2)c1)c1ccccc1. The molecule has 0 aliphatic heterocycles. The molecule has 3 nitrogen and oxygen atoms in total. The Hall–Kier alpha value is -2.13. The molecular formula is C20H23NO2. The first-order valence-electron chi connectivity index (χ1n) is 8.34. The molecule has 0 saturated heterocycles. The zero-order valence-electron chi connectivity index (χ0n) is 13.2. The number of aliphatic hydroxyl groups is 1. The number of carbonyl (C=O) groups is 1. The van der Waals surface area contributed by atoms with Crippen molar-refractivity contribution in [3.05, 3.63) is 71.3 Å². The second-order valence-corrected chi connectivity index (χ2v) is 6.28. The van der Waals surface area contributed by atoms with Crippen LogP contribution >= 0.6 is 0 Å². The molecule has 0 bridgehead atoms. The average Bonchev–Trinajstić information content (AvgIpc) is 3.14. The van der Waals surface area contributed by atoms with Gasteiger partial charge in [0.05, 0.1) is 6.10 Å². The van der Waals surface area contributed by atoms with Gasteiger partial charge in [0.25, 0.3) is 5.91 Å². The lowest BCUT2D eigenvalue weighted by molar-refractivity contribution is 0.0951. The fraction of sp³-hybridized carbons (Fsp3) is 0.350. The van der Waals surface area contributed by atoms with Crippen molar-refractivity contribution in [2.75, 3.05) is 0 Å². The first-order valence-corrected chi connectivity index (χ1v) is 8.34. The van der Waals surface area contributed by atoms with E-state index in [4.69, 9.17) is 0 Å². The molecule has 0 heterocycles. The summed E-state index contributed by atoms with van der Waals surface area (Å²) in [5.74, 6) is 0.302. The lowest BCUT2D eigenvalue weighted by atomic mass is 9.93. The van der Waals surface area contributed by atoms with Gasteiger partial charge in [0.15, 0.2) is 0 Å². The standard InChI is InChI=1S/C20H23NO2/c22-19(16-8-4-5-9-16)18-12-6-7-15(13-18)14-21-20(23)17-10-2-1-3-11-17/h1-3,6-7,10-13,16,19,22H,4-5,8-9,14H2,(H,21,23). The van der Waals surface area contributed by atoms with Gasteiger partial charge in [-0.05, 0) is 42.0 Å². The van der Waals surface area contributed by atoms with Crippen molar-refractivity contribution in [2.45, 2.75) is 38.3 Å². The summed E-state index contributed by atoms with van der Waals surface area (Å²) in [5.41, 5.74) is 2.64. The number of rotatable bonds is 5. The van der Waals surface area contributed by atoms with Gasteiger partial charge < -0.3 is 10.4 Å². The highest BCUT2D eigenvalue weighted by Crippen LogP contribution is 2.35. The quantitative estimate of drug-likeness (QED) is 0.881. The number of benzene rings is 2. The topological polar surface area (TPSA) is 49.3 Å². The van der Waals surface area contributed by atoms with Gasteiger partial charge in [0.2, 0.25) is 0 Å². The van der Waals surface area contributed by atoms with E-state index in [2.05, 4.69) is 5.32 Å². The van der Waals surface area contributed by atoms with Crippen molar-refractivity contribution in [1.29, 1.82) is 0 Å². The fourth-order valence-corrected chi connectivity index (χ4v) is 3.31. The van der Waals surface area contributed by atoms with Crippen LogP contribution in [0.15, 0.2) is 54.6 Å². The summed E-state index contributed by atoms with van der Waals surface area (Å²) in [7, 11) is 0. The van der Waals surface area contributed by atoms with Crippen LogP contribution in [0.25, 0.3) is 0 Å². The van der Waals surface area contributed by atoms with Crippen LogP contribution < -0.4 is 5.32 Å². The van der Waals surface area contributed by atoms with E-state index >= 15 is 0 Å². The monoisotopic (exact) mass is 309 g/mol. The van der Waals surface area contributed by atoms with Crippen molar-refractivity contribution in [3.8, 4) is 0 Å². The van der Waals surface area contributed by atoms with Crippen LogP contribution in [0.4, 0.5) is 0 Å². The van der Waals surface area contributed by atoms with Gasteiger partial charge in [-0.15, -0.1) is 0 Å². The molecule has 1 atom stereocenters. The fourth-order valence-electron chi connectivity index (χ4n) is 3.31. The second-order valence-electron chi connectivity index (χ2n) is 6.28. The molecule has 23 heavy (non-hydrogen) atoms. The van der Waals surface area contributed by atoms with Crippen LogP contribution in [-0.2, 0) is 6.54 Å². The minimum absolute atomic E-state index is 0.0765. The third kappa shape index (κ3) is 3.99. The number of hydrogen-bond donors (Lipinski definition) is 2. The zero-order valence-corrected chi connectivity index (χ0v) is 13.2. The summed E-state index contributed by atoms with van der Waals surface area (Å²) in [5, 5.41) is 13.4. The highest BCUT2D eigenvalue weighted by Gasteiger charge is 2.24. The molecule has 0 spiro atoms. The normalized spacial score (nSPS) is 16.2. The van der Waals surface area contributed by atoms with Gasteiger partial charge in [-0.1, -0.05) is 55.3 Å². The Kier molecular flexibility index (Phi) is 5.09. The summed E-state index contributed by atoms with van der Waals surface area (Å²) in [6, 6.07) is 17.1. The minimum Gasteiger partial charge on any atom is -0.388 e. The summed E-state index contributed by atoms with van der Waals surface area (Å²) < 4.78 is 0. The Morgan fingerprint density at radius 3 is 2.57 bits per heavy atom. The van der Waals surface area contributed by atoms with Gasteiger partial charge in [0, 0.05) is 12.1 Å². The van der Waals surface area contributed by atoms with E-state index in [-0.39, 0.29) is 12.0 Å². The molecule has 1 saturated carbocycles. The van der Waals surface area contributed by atoms with E-state index < -0.39 is 0 Å². The Balaban J connectivity index is 1.62. The predicted molar refractivity (Wildman–Crippen MR) is 91.0 cm³/mol. The molecule has 2 aromatic carbocycles. The van der Waals surface area contributed by atoms with E-state index in [9.17, 15) is 9.90 Å². The van der Waals surface area contributed by atoms with Crippen molar-refractivity contribution in [3.63, 3.8) is 0 Å². The first-order chi connectivity index (χ1) is 11.2. The third-order valence-corrected chi connectivity index (χ3v) is 4.63. The Bertz CT molecular complexity index is 648. The van der Waals surface area contributed by atoms with E-state index in [1.54, 1.807) is 12.1 Å². The molecule has 2 aromatic rings. The Morgan fingerprint density at radius 2 is 1.83 bits per heavy atom. The van der Waals surface area contributed by atoms with Gasteiger partial charge in [0.1, 0.15) is 0 Å². The molecule has 1 aliphatic rings. The molecule has 1 aliphatic carbocycles. The van der Waals surface area contributed by atoms with Crippen molar-refractivity contribution in [2.24, 2.45) is 5.92 Å². The molecule has 3 heteroatoms. The largest absolute Gasteiger partial charge is 0.388 e. The van der Waals surface area contributed by atoms with Crippen LogP contribution in [0.2, 0.25) is 0 Å². The number of carbonyl (C=O) groups excluding carboxylic acids is 1. The van der Waals surface area contributed by atoms with Crippen LogP contribution in [0.3, 0.4) is 0 Å². The van der Waals surface area contributed by atoms with Crippen LogP contribution in [0.5, 0.6) is 0 Å². The molecule has 3 rings (SSSR count). The van der Waals surface area contributed by atoms with Crippen molar-refractivity contribution in [1.82, 2.24) is 5.32 Å². The summed E-state index contributed by atoms with van der Waals surface area (Å²) in [6.45, 7) is 0.471. The summed E-state index contributed by atoms with van der Waals surface area (Å²) >= 11 is 0. The highest BCUT2D eigenvalue weighted by molar-refractivity contribution is 5.94. The van der Waals surface area contributed by atoms with E-state index in [0.29, 0.717) is 18.0 Å². The highest BCUT2D eigenvalue weighted by atomic mass is 16.3. The number of hydrogen-bond acceptors (Lipinski definition) is 2. The van der Waals surface area contributed by atoms with Crippen molar-refractivity contribution < 1.29 is 9.90 Å². The maximum Gasteiger partial charge on any atom is 0.251 e. The van der Waals surface area contributed by atoms with Gasteiger partial charge >= 0.3 is 0 Å². The Labute approximate surface area is 137 Å². The molecule has 120 valence electrons. The van der Waals surface area contributed by atoms with Gasteiger partial charge in [-0.2, -0.15) is 0 Å². The first kappa shape index (κ1) is 15.8. The number of aliphatic hydroxyl groups excluding tert-OH is 1. The summed E-state index contributed by atoms with van der Waals surface area (Å²) in [6.07, 6.45) is 4.26. The van der Waals surface area contributed by atoms with Gasteiger partial charge in [-0.3, -0.25) is 4.79 Å². The van der Waals surface area contributed by atoms with E-state index in [1.165, 1.54) is 12.8 Å². The molecule has 1 unspecified atom stereocenters. The molecular weight excluding hydrogens is 286 g/mol. The second kappa shape index (κ2) is 7.42. The summed E-state index contributed by atoms with van der Waals surface area (Å²) in [4.78, 5) is 12.1. The van der Waals surface area contributed by atoms with Crippen LogP contribution in [0.1, 0.15) is 53.3 Å². The van der Waals surface area contributed by atoms with Crippen LogP contribution in [-0.4, -0.2) is 11.0 Å². The lowest BCUT2D eigenvalue weighted by Gasteiger charge is -2.18. The smallest absolute Gasteiger partial charge is 0.251 e. The van der Waals surface area contributed by atoms with E-state index in [1.807, 2.05) is 42.5 Å². The molecule has 0 aromatic heterocycles. The third-order valence-electron chi connectivity index (χ3n) is 4.63. The van der Waals surface area contributed by atoms with Gasteiger partial charge in [-0.25, -0.2) is 0 Å². The van der Waals surface area contributed by atoms with Crippen LogP contribution in [0, 0.1) is 5.92 Å². The Morgan fingerprint density at radius 1 is 1.09 bits per heavy atom. The average molecular weight is 309 g/mol. The maximum atomic E-state index is 12.1. The van der Waals surface area contributed by atoms with Crippen molar-refractivity contribution >= 4 is 5.91 Å². The van der Waals surface area contributed by atoms with E-state index in [0.717, 1.165) is 24.0 Å². The minimum atomic E-state index is -0.387. The lowest BCUT2D eigenvalue weighted by Crippen LogP contribution is -2.22. The number of nitrogens with one attached hydrogen (secondary N) is 1. The number of amides is 1. The molecule has 2 N–H and O–H groups in total. The molecule has 1 amide bonds.